The highest BCUT2D eigenvalue weighted by Crippen LogP contribution is 2.34. The molecule has 0 saturated carbocycles. The van der Waals surface area contributed by atoms with E-state index in [1.807, 2.05) is 11.0 Å². The van der Waals surface area contributed by atoms with E-state index in [0.29, 0.717) is 36.7 Å². The number of likely N-dealkylation sites (tertiary alicyclic amines) is 1. The maximum absolute atomic E-state index is 12.6. The lowest BCUT2D eigenvalue weighted by Crippen LogP contribution is -2.42. The average molecular weight is 362 g/mol. The van der Waals surface area contributed by atoms with E-state index in [1.54, 1.807) is 38.1 Å². The van der Waals surface area contributed by atoms with Crippen LogP contribution in [0, 0.1) is 5.92 Å². The van der Waals surface area contributed by atoms with Crippen molar-refractivity contribution in [2.24, 2.45) is 10.3 Å². The van der Waals surface area contributed by atoms with Crippen molar-refractivity contribution >= 4 is 26.7 Å². The Morgan fingerprint density at radius 1 is 1.32 bits per heavy atom. The first kappa shape index (κ1) is 17.7. The number of sulfonamides is 1. The minimum absolute atomic E-state index is 0.224. The van der Waals surface area contributed by atoms with Gasteiger partial charge in [-0.15, -0.1) is 4.40 Å². The standard InChI is InChI=1S/C18H22N2O4S/c1-3-24-18(21)15-10-7-11-20(12-15)17-13(2)16(25(22,23)19-17)14-8-5-4-6-9-14/h4-6,8-9,15H,3,7,10-12H2,1-2H3. The van der Waals surface area contributed by atoms with Crippen molar-refractivity contribution in [3.63, 3.8) is 0 Å². The van der Waals surface area contributed by atoms with Gasteiger partial charge in [-0.25, -0.2) is 0 Å². The number of ether oxygens (including phenoxy) is 1. The van der Waals surface area contributed by atoms with Crippen LogP contribution in [0.2, 0.25) is 0 Å². The first-order valence-corrected chi connectivity index (χ1v) is 9.91. The number of hydrogen-bond acceptors (Lipinski definition) is 5. The second-order valence-electron chi connectivity index (χ2n) is 6.25. The highest BCUT2D eigenvalue weighted by atomic mass is 32.2. The van der Waals surface area contributed by atoms with Gasteiger partial charge in [-0.1, -0.05) is 30.3 Å². The first-order chi connectivity index (χ1) is 11.9. The SMILES string of the molecule is CCOC(=O)C1CCCN(C2=NS(=O)(=O)C(c3ccccc3)=C2C)C1. The van der Waals surface area contributed by atoms with E-state index in [2.05, 4.69) is 4.40 Å². The second kappa shape index (κ2) is 7.00. The molecule has 0 radical (unpaired) electrons. The molecule has 1 atom stereocenters. The summed E-state index contributed by atoms with van der Waals surface area (Å²) < 4.78 is 34.3. The van der Waals surface area contributed by atoms with Gasteiger partial charge < -0.3 is 9.64 Å². The Hall–Kier alpha value is -2.15. The number of nitrogens with zero attached hydrogens (tertiary/aromatic N) is 2. The lowest BCUT2D eigenvalue weighted by Gasteiger charge is -2.33. The van der Waals surface area contributed by atoms with Crippen molar-refractivity contribution < 1.29 is 17.9 Å². The number of carbonyl (C=O) groups excluding carboxylic acids is 1. The van der Waals surface area contributed by atoms with E-state index in [-0.39, 0.29) is 16.8 Å². The number of carbonyl (C=O) groups is 1. The van der Waals surface area contributed by atoms with Crippen molar-refractivity contribution in [3.8, 4) is 0 Å². The Labute approximate surface area is 148 Å². The maximum Gasteiger partial charge on any atom is 0.310 e. The number of piperidine rings is 1. The topological polar surface area (TPSA) is 76.0 Å². The van der Waals surface area contributed by atoms with E-state index in [4.69, 9.17) is 4.74 Å². The van der Waals surface area contributed by atoms with E-state index in [1.165, 1.54) is 0 Å². The van der Waals surface area contributed by atoms with E-state index < -0.39 is 10.0 Å². The molecule has 7 heteroatoms. The van der Waals surface area contributed by atoms with Gasteiger partial charge in [0.2, 0.25) is 0 Å². The summed E-state index contributed by atoms with van der Waals surface area (Å²) in [7, 11) is -3.73. The summed E-state index contributed by atoms with van der Waals surface area (Å²) in [6, 6.07) is 9.00. The molecule has 0 spiro atoms. The van der Waals surface area contributed by atoms with Crippen LogP contribution in [0.3, 0.4) is 0 Å². The molecule has 6 nitrogen and oxygen atoms in total. The molecule has 3 rings (SSSR count). The lowest BCUT2D eigenvalue weighted by molar-refractivity contribution is -0.149. The predicted octanol–water partition coefficient (Wildman–Crippen LogP) is 2.43. The van der Waals surface area contributed by atoms with Crippen LogP contribution in [0.25, 0.3) is 4.91 Å². The van der Waals surface area contributed by atoms with Crippen LogP contribution in [0.1, 0.15) is 32.3 Å². The number of benzene rings is 1. The molecule has 2 heterocycles. The fraction of sp³-hybridized carbons (Fsp3) is 0.444. The van der Waals surface area contributed by atoms with Gasteiger partial charge in [-0.05, 0) is 32.3 Å². The summed E-state index contributed by atoms with van der Waals surface area (Å²) in [6.07, 6.45) is 1.56. The van der Waals surface area contributed by atoms with E-state index in [0.717, 1.165) is 12.8 Å². The van der Waals surface area contributed by atoms with Crippen molar-refractivity contribution in [3.05, 3.63) is 41.5 Å². The molecule has 25 heavy (non-hydrogen) atoms. The Balaban J connectivity index is 1.90. The molecular formula is C18H22N2O4S. The van der Waals surface area contributed by atoms with Crippen LogP contribution in [-0.2, 0) is 19.6 Å². The summed E-state index contributed by atoms with van der Waals surface area (Å²) in [4.78, 5) is 14.2. The number of hydrogen-bond donors (Lipinski definition) is 0. The molecule has 1 saturated heterocycles. The third-order valence-electron chi connectivity index (χ3n) is 4.52. The van der Waals surface area contributed by atoms with Gasteiger partial charge in [0.05, 0.1) is 12.5 Å². The van der Waals surface area contributed by atoms with Gasteiger partial charge >= 0.3 is 5.97 Å². The summed E-state index contributed by atoms with van der Waals surface area (Å²) in [5.41, 5.74) is 1.27. The van der Waals surface area contributed by atoms with E-state index in [9.17, 15) is 13.2 Å². The van der Waals surface area contributed by atoms with Crippen LogP contribution >= 0.6 is 0 Å². The molecule has 0 aromatic heterocycles. The molecular weight excluding hydrogens is 340 g/mol. The minimum Gasteiger partial charge on any atom is -0.466 e. The van der Waals surface area contributed by atoms with Crippen LogP contribution in [0.15, 0.2) is 40.3 Å². The molecule has 134 valence electrons. The van der Waals surface area contributed by atoms with Gasteiger partial charge in [-0.2, -0.15) is 8.42 Å². The third kappa shape index (κ3) is 3.46. The molecule has 2 aliphatic heterocycles. The molecule has 0 bridgehead atoms. The summed E-state index contributed by atoms with van der Waals surface area (Å²) >= 11 is 0. The van der Waals surface area contributed by atoms with E-state index >= 15 is 0 Å². The highest BCUT2D eigenvalue weighted by molar-refractivity contribution is 8.00. The van der Waals surface area contributed by atoms with Gasteiger partial charge in [0.1, 0.15) is 10.7 Å². The molecule has 0 amide bonds. The Morgan fingerprint density at radius 3 is 2.72 bits per heavy atom. The molecule has 1 fully saturated rings. The number of esters is 1. The number of amidine groups is 1. The van der Waals surface area contributed by atoms with Crippen LogP contribution in [0.4, 0.5) is 0 Å². The predicted molar refractivity (Wildman–Crippen MR) is 96.3 cm³/mol. The zero-order valence-electron chi connectivity index (χ0n) is 14.4. The van der Waals surface area contributed by atoms with Crippen LogP contribution < -0.4 is 0 Å². The minimum atomic E-state index is -3.73. The zero-order valence-corrected chi connectivity index (χ0v) is 15.3. The van der Waals surface area contributed by atoms with Crippen molar-refractivity contribution in [1.82, 2.24) is 4.90 Å². The largest absolute Gasteiger partial charge is 0.466 e. The average Bonchev–Trinajstić information content (AvgIpc) is 2.85. The first-order valence-electron chi connectivity index (χ1n) is 8.47. The molecule has 1 aromatic rings. The molecule has 1 unspecified atom stereocenters. The molecule has 0 aliphatic carbocycles. The fourth-order valence-corrected chi connectivity index (χ4v) is 4.88. The summed E-state index contributed by atoms with van der Waals surface area (Å²) in [6.45, 7) is 5.03. The smallest absolute Gasteiger partial charge is 0.310 e. The van der Waals surface area contributed by atoms with Crippen LogP contribution in [0.5, 0.6) is 0 Å². The van der Waals surface area contributed by atoms with Crippen molar-refractivity contribution in [2.45, 2.75) is 26.7 Å². The lowest BCUT2D eigenvalue weighted by atomic mass is 9.97. The number of rotatable bonds is 3. The van der Waals surface area contributed by atoms with Gasteiger partial charge in [-0.3, -0.25) is 4.79 Å². The van der Waals surface area contributed by atoms with Gasteiger partial charge in [0.15, 0.2) is 0 Å². The molecule has 2 aliphatic rings. The zero-order chi connectivity index (χ0) is 18.0. The Morgan fingerprint density at radius 2 is 2.04 bits per heavy atom. The second-order valence-corrected chi connectivity index (χ2v) is 7.79. The Bertz CT molecular complexity index is 828. The fourth-order valence-electron chi connectivity index (χ4n) is 3.39. The Kier molecular flexibility index (Phi) is 4.94. The molecule has 1 aromatic carbocycles. The van der Waals surface area contributed by atoms with Crippen molar-refractivity contribution in [1.29, 1.82) is 0 Å². The maximum atomic E-state index is 12.6. The quantitative estimate of drug-likeness (QED) is 0.772. The monoisotopic (exact) mass is 362 g/mol. The van der Waals surface area contributed by atoms with Gasteiger partial charge in [0.25, 0.3) is 10.0 Å². The normalized spacial score (nSPS) is 22.7. The molecule has 0 N–H and O–H groups in total. The third-order valence-corrected chi connectivity index (χ3v) is 5.99. The van der Waals surface area contributed by atoms with Gasteiger partial charge in [0, 0.05) is 18.7 Å². The van der Waals surface area contributed by atoms with Crippen LogP contribution in [-0.4, -0.2) is 44.8 Å². The van der Waals surface area contributed by atoms with Crippen molar-refractivity contribution in [2.75, 3.05) is 19.7 Å². The highest BCUT2D eigenvalue weighted by Gasteiger charge is 2.36. The summed E-state index contributed by atoms with van der Waals surface area (Å²) in [5.74, 6) is -0.0147. The summed E-state index contributed by atoms with van der Waals surface area (Å²) in [5, 5.41) is 0.